The molecule has 1 aromatic heterocycles. The number of nitrogens with zero attached hydrogens (tertiary/aromatic N) is 3. The quantitative estimate of drug-likeness (QED) is 0.361. The zero-order valence-electron chi connectivity index (χ0n) is 23.5. The molecule has 216 valence electrons. The highest BCUT2D eigenvalue weighted by Gasteiger charge is 2.21. The average Bonchev–Trinajstić information content (AvgIpc) is 3.29. The minimum atomic E-state index is -1.01. The molecule has 2 N–H and O–H groups in total. The Labute approximate surface area is 233 Å². The smallest absolute Gasteiger partial charge is 0.317 e. The molecule has 0 bridgehead atoms. The van der Waals surface area contributed by atoms with E-state index < -0.39 is 17.7 Å². The van der Waals surface area contributed by atoms with E-state index in [9.17, 15) is 23.2 Å². The highest BCUT2D eigenvalue weighted by Crippen LogP contribution is 2.17. The molecular formula is C29H37F2N5O4. The van der Waals surface area contributed by atoms with Crippen molar-refractivity contribution >= 4 is 17.9 Å². The van der Waals surface area contributed by atoms with Crippen molar-refractivity contribution in [1.29, 1.82) is 0 Å². The molecule has 0 saturated heterocycles. The zero-order chi connectivity index (χ0) is 29.7. The summed E-state index contributed by atoms with van der Waals surface area (Å²) >= 11 is 0. The minimum absolute atomic E-state index is 0.0286. The fourth-order valence-electron chi connectivity index (χ4n) is 3.74. The van der Waals surface area contributed by atoms with Crippen molar-refractivity contribution in [3.63, 3.8) is 0 Å². The van der Waals surface area contributed by atoms with E-state index in [1.807, 2.05) is 29.9 Å². The van der Waals surface area contributed by atoms with Gasteiger partial charge in [0.25, 0.3) is 0 Å². The summed E-state index contributed by atoms with van der Waals surface area (Å²) in [7, 11) is 4.78. The summed E-state index contributed by atoms with van der Waals surface area (Å²) < 4.78 is 33.4. The molecule has 2 aromatic carbocycles. The standard InChI is InChI=1S/C18H25F2N3O4.C11H12N2/c1-12(24)21-11-14(7-5-9-16(25)27-3)23(2)18(26)22-10-13-6-4-8-15(19)17(13)20;1-9-8-11(12-13(9)2)10-6-4-3-5-7-10/h4,6,8,14H,5,7,9-11H2,1-3H3,(H,21,24)(H,22,26);3-8H,1-2H3. The number of likely N-dealkylation sites (N-methyl/N-ethyl adjacent to an activating group) is 1. The summed E-state index contributed by atoms with van der Waals surface area (Å²) in [5, 5.41) is 9.56. The number of aryl methyl sites for hydroxylation is 2. The third-order valence-corrected chi connectivity index (χ3v) is 6.25. The SMILES string of the molecule is COC(=O)CCCC(CNC(C)=O)N(C)C(=O)NCc1cccc(F)c1F.Cc1cc(-c2ccccc2)nn1C. The fraction of sp³-hybridized carbons (Fsp3) is 0.379. The molecule has 11 heteroatoms. The van der Waals surface area contributed by atoms with Crippen LogP contribution in [0.5, 0.6) is 0 Å². The molecular weight excluding hydrogens is 520 g/mol. The van der Waals surface area contributed by atoms with Gasteiger partial charge in [-0.3, -0.25) is 14.3 Å². The Bertz CT molecular complexity index is 1250. The monoisotopic (exact) mass is 557 g/mol. The summed E-state index contributed by atoms with van der Waals surface area (Å²) in [6.45, 7) is 3.44. The number of ether oxygens (including phenoxy) is 1. The summed E-state index contributed by atoms with van der Waals surface area (Å²) in [6.07, 6.45) is 1.11. The van der Waals surface area contributed by atoms with Gasteiger partial charge in [-0.1, -0.05) is 42.5 Å². The zero-order valence-corrected chi connectivity index (χ0v) is 23.5. The predicted octanol–water partition coefficient (Wildman–Crippen LogP) is 4.35. The molecule has 0 saturated carbocycles. The Morgan fingerprint density at radius 3 is 2.38 bits per heavy atom. The van der Waals surface area contributed by atoms with Gasteiger partial charge in [0, 0.05) is 57.4 Å². The summed E-state index contributed by atoms with van der Waals surface area (Å²) in [5.74, 6) is -2.60. The van der Waals surface area contributed by atoms with Gasteiger partial charge in [-0.2, -0.15) is 5.10 Å². The van der Waals surface area contributed by atoms with Crippen molar-refractivity contribution in [3.8, 4) is 11.3 Å². The van der Waals surface area contributed by atoms with Crippen molar-refractivity contribution in [1.82, 2.24) is 25.3 Å². The number of urea groups is 1. The van der Waals surface area contributed by atoms with Crippen molar-refractivity contribution in [2.45, 2.75) is 45.7 Å². The number of halogens is 2. The molecule has 1 unspecified atom stereocenters. The Morgan fingerprint density at radius 2 is 1.77 bits per heavy atom. The summed E-state index contributed by atoms with van der Waals surface area (Å²) in [5.41, 5.74) is 3.42. The van der Waals surface area contributed by atoms with E-state index >= 15 is 0 Å². The molecule has 0 aliphatic carbocycles. The lowest BCUT2D eigenvalue weighted by Crippen LogP contribution is -2.48. The maximum Gasteiger partial charge on any atom is 0.317 e. The van der Waals surface area contributed by atoms with Gasteiger partial charge < -0.3 is 20.3 Å². The van der Waals surface area contributed by atoms with Gasteiger partial charge in [-0.05, 0) is 31.9 Å². The lowest BCUT2D eigenvalue weighted by molar-refractivity contribution is -0.140. The largest absolute Gasteiger partial charge is 0.469 e. The minimum Gasteiger partial charge on any atom is -0.469 e. The summed E-state index contributed by atoms with van der Waals surface area (Å²) in [6, 6.07) is 15.1. The first-order chi connectivity index (χ1) is 19.0. The molecule has 0 fully saturated rings. The molecule has 3 aromatic rings. The van der Waals surface area contributed by atoms with Crippen LogP contribution in [0, 0.1) is 18.6 Å². The van der Waals surface area contributed by atoms with E-state index in [-0.39, 0.29) is 43.0 Å². The Balaban J connectivity index is 0.000000355. The highest BCUT2D eigenvalue weighted by atomic mass is 19.2. The van der Waals surface area contributed by atoms with E-state index in [2.05, 4.69) is 45.6 Å². The Morgan fingerprint density at radius 1 is 1.07 bits per heavy atom. The number of rotatable bonds is 10. The first kappa shape index (κ1) is 31.9. The molecule has 3 amide bonds. The maximum absolute atomic E-state index is 13.7. The molecule has 40 heavy (non-hydrogen) atoms. The molecule has 0 aliphatic heterocycles. The lowest BCUT2D eigenvalue weighted by atomic mass is 10.1. The number of methoxy groups -OCH3 is 1. The highest BCUT2D eigenvalue weighted by molar-refractivity contribution is 5.75. The number of aromatic nitrogens is 2. The van der Waals surface area contributed by atoms with Crippen LogP contribution < -0.4 is 10.6 Å². The van der Waals surface area contributed by atoms with Gasteiger partial charge in [0.2, 0.25) is 5.91 Å². The number of benzene rings is 2. The molecule has 3 rings (SSSR count). The van der Waals surface area contributed by atoms with E-state index in [0.717, 1.165) is 11.8 Å². The molecule has 1 heterocycles. The van der Waals surface area contributed by atoms with Crippen LogP contribution in [0.3, 0.4) is 0 Å². The third kappa shape index (κ3) is 10.1. The number of carbonyl (C=O) groups is 3. The maximum atomic E-state index is 13.7. The Hall–Kier alpha value is -4.28. The molecule has 0 spiro atoms. The topological polar surface area (TPSA) is 106 Å². The van der Waals surface area contributed by atoms with E-state index in [1.165, 1.54) is 49.4 Å². The second-order valence-electron chi connectivity index (χ2n) is 9.20. The van der Waals surface area contributed by atoms with Crippen LogP contribution in [0.15, 0.2) is 54.6 Å². The number of amides is 3. The molecule has 9 nitrogen and oxygen atoms in total. The normalized spacial score (nSPS) is 11.1. The number of esters is 1. The fourth-order valence-corrected chi connectivity index (χ4v) is 3.74. The van der Waals surface area contributed by atoms with Gasteiger partial charge in [0.1, 0.15) is 0 Å². The molecule has 0 radical (unpaired) electrons. The van der Waals surface area contributed by atoms with Crippen LogP contribution in [0.1, 0.15) is 37.4 Å². The predicted molar refractivity (Wildman–Crippen MR) is 148 cm³/mol. The van der Waals surface area contributed by atoms with Gasteiger partial charge in [-0.15, -0.1) is 0 Å². The second-order valence-corrected chi connectivity index (χ2v) is 9.20. The first-order valence-corrected chi connectivity index (χ1v) is 12.8. The lowest BCUT2D eigenvalue weighted by Gasteiger charge is -2.28. The number of nitrogens with one attached hydrogen (secondary N) is 2. The van der Waals surface area contributed by atoms with Crippen molar-refractivity contribution in [3.05, 3.63) is 77.5 Å². The van der Waals surface area contributed by atoms with Gasteiger partial charge in [0.05, 0.1) is 18.8 Å². The second kappa shape index (κ2) is 16.0. The van der Waals surface area contributed by atoms with E-state index in [0.29, 0.717) is 12.8 Å². The number of hydrogen-bond donors (Lipinski definition) is 2. The van der Waals surface area contributed by atoms with Crippen LogP contribution in [-0.4, -0.2) is 59.3 Å². The van der Waals surface area contributed by atoms with Crippen molar-refractivity contribution in [2.75, 3.05) is 20.7 Å². The number of hydrogen-bond acceptors (Lipinski definition) is 5. The first-order valence-electron chi connectivity index (χ1n) is 12.8. The van der Waals surface area contributed by atoms with E-state index in [1.54, 1.807) is 0 Å². The van der Waals surface area contributed by atoms with Crippen LogP contribution >= 0.6 is 0 Å². The summed E-state index contributed by atoms with van der Waals surface area (Å²) in [4.78, 5) is 36.1. The van der Waals surface area contributed by atoms with Crippen LogP contribution in [0.4, 0.5) is 13.6 Å². The van der Waals surface area contributed by atoms with E-state index in [4.69, 9.17) is 0 Å². The molecule has 0 aliphatic rings. The Kier molecular flexibility index (Phi) is 12.7. The van der Waals surface area contributed by atoms with Gasteiger partial charge in [-0.25, -0.2) is 13.6 Å². The van der Waals surface area contributed by atoms with Crippen LogP contribution in [0.2, 0.25) is 0 Å². The van der Waals surface area contributed by atoms with Crippen molar-refractivity contribution < 1.29 is 27.9 Å². The molecule has 1 atom stereocenters. The van der Waals surface area contributed by atoms with Crippen molar-refractivity contribution in [2.24, 2.45) is 7.05 Å². The number of carbonyl (C=O) groups excluding carboxylic acids is 3. The third-order valence-electron chi connectivity index (χ3n) is 6.25. The van der Waals surface area contributed by atoms with Crippen LogP contribution in [0.25, 0.3) is 11.3 Å². The average molecular weight is 558 g/mol. The van der Waals surface area contributed by atoms with Gasteiger partial charge in [0.15, 0.2) is 11.6 Å². The van der Waals surface area contributed by atoms with Crippen LogP contribution in [-0.2, 0) is 27.9 Å². The van der Waals surface area contributed by atoms with Gasteiger partial charge >= 0.3 is 12.0 Å².